The summed E-state index contributed by atoms with van der Waals surface area (Å²) in [4.78, 5) is 20.4. The largest absolute Gasteiger partial charge is 0.442 e. The molecule has 0 spiro atoms. The molecule has 1 saturated heterocycles. The van der Waals surface area contributed by atoms with Gasteiger partial charge in [0.25, 0.3) is 5.56 Å². The second-order valence-electron chi connectivity index (χ2n) is 9.29. The zero-order valence-corrected chi connectivity index (χ0v) is 21.8. The van der Waals surface area contributed by atoms with Crippen LogP contribution in [0.4, 0.5) is 30.4 Å². The number of hydrogen-bond acceptors (Lipinski definition) is 9. The van der Waals surface area contributed by atoms with Gasteiger partial charge in [-0.3, -0.25) is 9.69 Å². The monoisotopic (exact) mass is 542 g/mol. The van der Waals surface area contributed by atoms with Gasteiger partial charge in [-0.25, -0.2) is 10.4 Å². The second-order valence-corrected chi connectivity index (χ2v) is 9.29. The van der Waals surface area contributed by atoms with Crippen LogP contribution in [0.5, 0.6) is 0 Å². The van der Waals surface area contributed by atoms with Gasteiger partial charge < -0.3 is 35.1 Å². The fraction of sp³-hybridized carbons (Fsp3) is 0.542. The van der Waals surface area contributed by atoms with Gasteiger partial charge in [0.2, 0.25) is 0 Å². The van der Waals surface area contributed by atoms with E-state index in [4.69, 9.17) is 20.6 Å². The summed E-state index contributed by atoms with van der Waals surface area (Å²) in [6, 6.07) is 2.41. The van der Waals surface area contributed by atoms with Crippen molar-refractivity contribution in [3.05, 3.63) is 46.0 Å². The van der Waals surface area contributed by atoms with Crippen molar-refractivity contribution in [2.45, 2.75) is 44.4 Å². The molecule has 3 heterocycles. The number of pyridine rings is 2. The fourth-order valence-corrected chi connectivity index (χ4v) is 4.44. The predicted molar refractivity (Wildman–Crippen MR) is 136 cm³/mol. The van der Waals surface area contributed by atoms with Crippen LogP contribution in [0.3, 0.4) is 0 Å². The number of nitrogens with two attached hydrogens (primary N) is 2. The van der Waals surface area contributed by atoms with Gasteiger partial charge in [-0.1, -0.05) is 0 Å². The standard InChI is InChI=1S/C24H34F3N7O4/c1-14-9-16(33(3)23(36)31-19-10-15(24(25,26)27)13-32(2)22(19)35)5-6-34(14)17-11-18(20(28)30-12-17)21(29)38-8-7-37-4/h10-14,16,23,29,31,36H,5-9H2,1-4H3,(H2,28,30)/p+1/t14-,16?,23?/m1/s1. The number of aryl methyl sites for hydroxylation is 1. The highest BCUT2D eigenvalue weighted by atomic mass is 19.4. The molecule has 1 aliphatic rings. The Morgan fingerprint density at radius 3 is 2.74 bits per heavy atom. The van der Waals surface area contributed by atoms with Crippen molar-refractivity contribution in [3.8, 4) is 0 Å². The minimum atomic E-state index is -4.63. The molecule has 3 rings (SSSR count). The molecule has 0 radical (unpaired) electrons. The molecule has 6 N–H and O–H groups in total. The Hall–Kier alpha value is -3.36. The first-order chi connectivity index (χ1) is 17.8. The number of aliphatic hydroxyl groups excluding tert-OH is 1. The lowest BCUT2D eigenvalue weighted by Gasteiger charge is -2.43. The van der Waals surface area contributed by atoms with E-state index >= 15 is 0 Å². The summed E-state index contributed by atoms with van der Waals surface area (Å²) in [7, 11) is 4.43. The topological polar surface area (TPSA) is 144 Å². The van der Waals surface area contributed by atoms with Gasteiger partial charge in [0.05, 0.1) is 24.1 Å². The van der Waals surface area contributed by atoms with Crippen LogP contribution in [-0.2, 0) is 22.7 Å². The Kier molecular flexibility index (Phi) is 9.22. The number of nitrogens with one attached hydrogen (secondary N) is 1. The lowest BCUT2D eigenvalue weighted by molar-refractivity contribution is -0.140. The maximum Gasteiger partial charge on any atom is 0.417 e. The molecule has 1 fully saturated rings. The highest BCUT2D eigenvalue weighted by molar-refractivity contribution is 5.95. The molecular formula is C24H35F3N7O4+. The molecule has 0 aliphatic carbocycles. The average molecular weight is 543 g/mol. The number of piperidine rings is 1. The van der Waals surface area contributed by atoms with Crippen molar-refractivity contribution in [3.63, 3.8) is 0 Å². The molecule has 2 unspecified atom stereocenters. The van der Waals surface area contributed by atoms with Gasteiger partial charge in [0.1, 0.15) is 23.7 Å². The lowest BCUT2D eigenvalue weighted by atomic mass is 9.96. The van der Waals surface area contributed by atoms with Crippen LogP contribution < -0.4 is 26.9 Å². The number of halogens is 3. The Labute approximate surface area is 218 Å². The van der Waals surface area contributed by atoms with Crippen LogP contribution in [0.2, 0.25) is 0 Å². The minimum Gasteiger partial charge on any atom is -0.442 e. The van der Waals surface area contributed by atoms with Crippen LogP contribution in [0.1, 0.15) is 30.9 Å². The number of methoxy groups -OCH3 is 1. The van der Waals surface area contributed by atoms with Gasteiger partial charge in [-0.15, -0.1) is 0 Å². The van der Waals surface area contributed by atoms with E-state index in [9.17, 15) is 23.1 Å². The third kappa shape index (κ3) is 6.74. The van der Waals surface area contributed by atoms with Crippen LogP contribution in [0.15, 0.2) is 29.3 Å². The molecule has 2 aromatic rings. The number of hydrogen-bond donors (Lipinski definition) is 4. The van der Waals surface area contributed by atoms with E-state index in [1.54, 1.807) is 25.3 Å². The highest BCUT2D eigenvalue weighted by Crippen LogP contribution is 2.31. The fourth-order valence-electron chi connectivity index (χ4n) is 4.44. The smallest absolute Gasteiger partial charge is 0.417 e. The molecule has 0 bridgehead atoms. The first-order valence-corrected chi connectivity index (χ1v) is 12.0. The number of rotatable bonds is 9. The third-order valence-corrected chi connectivity index (χ3v) is 6.65. The first kappa shape index (κ1) is 29.2. The zero-order valence-electron chi connectivity index (χ0n) is 21.8. The van der Waals surface area contributed by atoms with E-state index in [1.165, 1.54) is 7.05 Å². The Morgan fingerprint density at radius 1 is 1.39 bits per heavy atom. The van der Waals surface area contributed by atoms with Gasteiger partial charge in [-0.05, 0) is 38.9 Å². The number of nitrogens with zero attached hydrogens (tertiary/aromatic N) is 4. The number of alkyl halides is 3. The molecule has 38 heavy (non-hydrogen) atoms. The summed E-state index contributed by atoms with van der Waals surface area (Å²) in [6.45, 7) is 3.25. The van der Waals surface area contributed by atoms with Crippen LogP contribution in [-0.4, -0.2) is 77.8 Å². The van der Waals surface area contributed by atoms with E-state index in [0.29, 0.717) is 37.6 Å². The number of ether oxygens (including phenoxy) is 2. The van der Waals surface area contributed by atoms with Crippen molar-refractivity contribution < 1.29 is 33.2 Å². The number of nitrogen functional groups attached to an aromatic ring is 1. The summed E-state index contributed by atoms with van der Waals surface area (Å²) in [5.41, 5.74) is 5.27. The van der Waals surface area contributed by atoms with E-state index in [-0.39, 0.29) is 36.1 Å². The normalized spacial score (nSPS) is 18.9. The third-order valence-electron chi connectivity index (χ3n) is 6.65. The zero-order chi connectivity index (χ0) is 28.2. The van der Waals surface area contributed by atoms with Crippen molar-refractivity contribution in [1.29, 1.82) is 0 Å². The van der Waals surface area contributed by atoms with E-state index in [2.05, 4.69) is 15.2 Å². The van der Waals surface area contributed by atoms with Gasteiger partial charge in [-0.2, -0.15) is 13.2 Å². The molecule has 3 atom stereocenters. The first-order valence-electron chi connectivity index (χ1n) is 12.0. The Balaban J connectivity index is 1.68. The lowest BCUT2D eigenvalue weighted by Crippen LogP contribution is -2.53. The van der Waals surface area contributed by atoms with Crippen LogP contribution in [0.25, 0.3) is 0 Å². The molecule has 1 aliphatic heterocycles. The maximum atomic E-state index is 13.2. The summed E-state index contributed by atoms with van der Waals surface area (Å²) >= 11 is 0. The second kappa shape index (κ2) is 12.0. The number of aromatic nitrogens is 2. The van der Waals surface area contributed by atoms with Crippen molar-refractivity contribution in [2.24, 2.45) is 7.05 Å². The van der Waals surface area contributed by atoms with Gasteiger partial charge in [0, 0.05) is 39.0 Å². The summed E-state index contributed by atoms with van der Waals surface area (Å²) in [5, 5.41) is 19.3. The molecule has 0 aromatic carbocycles. The van der Waals surface area contributed by atoms with Crippen molar-refractivity contribution in [1.82, 2.24) is 14.5 Å². The summed E-state index contributed by atoms with van der Waals surface area (Å²) < 4.78 is 50.9. The molecule has 210 valence electrons. The molecule has 2 aromatic heterocycles. The Morgan fingerprint density at radius 2 is 2.11 bits per heavy atom. The molecule has 11 nitrogen and oxygen atoms in total. The van der Waals surface area contributed by atoms with E-state index in [0.717, 1.165) is 16.5 Å². The van der Waals surface area contributed by atoms with E-state index < -0.39 is 23.7 Å². The number of aliphatic hydroxyl groups is 1. The summed E-state index contributed by atoms with van der Waals surface area (Å²) in [6.07, 6.45) is -2.38. The maximum absolute atomic E-state index is 13.2. The van der Waals surface area contributed by atoms with Crippen LogP contribution in [0, 0.1) is 0 Å². The Bertz CT molecular complexity index is 1190. The average Bonchev–Trinajstić information content (AvgIpc) is 2.86. The van der Waals surface area contributed by atoms with Gasteiger partial charge in [0.15, 0.2) is 6.35 Å². The number of anilines is 3. The van der Waals surface area contributed by atoms with Crippen molar-refractivity contribution in [2.75, 3.05) is 49.9 Å². The molecular weight excluding hydrogens is 507 g/mol. The highest BCUT2D eigenvalue weighted by Gasteiger charge is 2.34. The van der Waals surface area contributed by atoms with Gasteiger partial charge >= 0.3 is 12.1 Å². The van der Waals surface area contributed by atoms with Crippen LogP contribution >= 0.6 is 0 Å². The van der Waals surface area contributed by atoms with Crippen molar-refractivity contribution >= 4 is 23.1 Å². The molecule has 0 amide bonds. The summed E-state index contributed by atoms with van der Waals surface area (Å²) in [5.74, 6) is 0.381. The molecule has 0 saturated carbocycles. The van der Waals surface area contributed by atoms with E-state index in [1.807, 2.05) is 13.0 Å². The quantitative estimate of drug-likeness (QED) is 0.152. The predicted octanol–water partition coefficient (Wildman–Crippen LogP) is 0.227. The molecule has 14 heteroatoms. The minimum absolute atomic E-state index is 0.0127. The SMILES string of the molecule is COCCOC(=[NH2+])c1cc(N2CCC(N(C)C(O)Nc3cc(C(F)(F)F)cn(C)c3=O)C[C@H]2C)cnc1N.